The standard InChI is InChI=1S/C15H22N4/c1-2-18-9-4-5-13(18)11-17-14-6-3-7-15(14)19-10-8-16-12-19/h4-5,8-10,12,14-15,17H,2-3,6-7,11H2,1H3. The topological polar surface area (TPSA) is 34.8 Å². The highest BCUT2D eigenvalue weighted by atomic mass is 15.1. The second-order valence-electron chi connectivity index (χ2n) is 5.28. The summed E-state index contributed by atoms with van der Waals surface area (Å²) < 4.78 is 4.55. The molecular formula is C15H22N4. The fourth-order valence-electron chi connectivity index (χ4n) is 3.16. The van der Waals surface area contributed by atoms with Crippen LogP contribution in [0.3, 0.4) is 0 Å². The maximum atomic E-state index is 4.17. The maximum absolute atomic E-state index is 4.17. The number of nitrogens with zero attached hydrogens (tertiary/aromatic N) is 3. The quantitative estimate of drug-likeness (QED) is 0.894. The average molecular weight is 258 g/mol. The van der Waals surface area contributed by atoms with E-state index >= 15 is 0 Å². The molecule has 2 unspecified atom stereocenters. The van der Waals surface area contributed by atoms with Gasteiger partial charge in [0, 0.05) is 49.5 Å². The molecule has 0 saturated heterocycles. The minimum absolute atomic E-state index is 0.563. The summed E-state index contributed by atoms with van der Waals surface area (Å²) in [6.45, 7) is 4.18. The van der Waals surface area contributed by atoms with Gasteiger partial charge in [-0.3, -0.25) is 0 Å². The third-order valence-electron chi connectivity index (χ3n) is 4.20. The van der Waals surface area contributed by atoms with Gasteiger partial charge in [-0.1, -0.05) is 0 Å². The second-order valence-corrected chi connectivity index (χ2v) is 5.28. The molecule has 2 atom stereocenters. The van der Waals surface area contributed by atoms with Crippen LogP contribution in [0.25, 0.3) is 0 Å². The van der Waals surface area contributed by atoms with Gasteiger partial charge in [-0.05, 0) is 38.3 Å². The van der Waals surface area contributed by atoms with Crippen molar-refractivity contribution in [3.63, 3.8) is 0 Å². The van der Waals surface area contributed by atoms with Crippen molar-refractivity contribution in [3.05, 3.63) is 42.7 Å². The van der Waals surface area contributed by atoms with Crippen LogP contribution in [0.2, 0.25) is 0 Å². The van der Waals surface area contributed by atoms with Crippen LogP contribution in [0.4, 0.5) is 0 Å². The predicted octanol–water partition coefficient (Wildman–Crippen LogP) is 2.59. The van der Waals surface area contributed by atoms with Crippen LogP contribution in [0.1, 0.15) is 37.9 Å². The zero-order chi connectivity index (χ0) is 13.1. The summed E-state index contributed by atoms with van der Waals surface area (Å²) in [5.41, 5.74) is 1.37. The van der Waals surface area contributed by atoms with Crippen LogP contribution < -0.4 is 5.32 Å². The molecule has 0 radical (unpaired) electrons. The first-order valence-corrected chi connectivity index (χ1v) is 7.23. The summed E-state index contributed by atoms with van der Waals surface area (Å²) in [6, 6.07) is 5.46. The molecule has 1 fully saturated rings. The highest BCUT2D eigenvalue weighted by Crippen LogP contribution is 2.30. The van der Waals surface area contributed by atoms with Gasteiger partial charge < -0.3 is 14.5 Å². The lowest BCUT2D eigenvalue weighted by Gasteiger charge is -2.22. The Balaban J connectivity index is 1.63. The number of rotatable bonds is 5. The van der Waals surface area contributed by atoms with Crippen molar-refractivity contribution in [2.24, 2.45) is 0 Å². The molecule has 1 aliphatic rings. The summed E-state index contributed by atoms with van der Waals surface area (Å²) >= 11 is 0. The molecule has 4 heteroatoms. The molecule has 2 aromatic rings. The number of imidazole rings is 1. The van der Waals surface area contributed by atoms with Crippen molar-refractivity contribution in [3.8, 4) is 0 Å². The first kappa shape index (κ1) is 12.5. The van der Waals surface area contributed by atoms with Crippen LogP contribution in [-0.2, 0) is 13.1 Å². The van der Waals surface area contributed by atoms with Gasteiger partial charge in [-0.2, -0.15) is 0 Å². The number of aryl methyl sites for hydroxylation is 1. The Bertz CT molecular complexity index is 500. The van der Waals surface area contributed by atoms with Crippen molar-refractivity contribution < 1.29 is 0 Å². The predicted molar refractivity (Wildman–Crippen MR) is 75.8 cm³/mol. The highest BCUT2D eigenvalue weighted by Gasteiger charge is 2.27. The zero-order valence-electron chi connectivity index (χ0n) is 11.5. The fraction of sp³-hybridized carbons (Fsp3) is 0.533. The van der Waals surface area contributed by atoms with Crippen molar-refractivity contribution in [1.29, 1.82) is 0 Å². The highest BCUT2D eigenvalue weighted by molar-refractivity contribution is 5.07. The Hall–Kier alpha value is -1.55. The Morgan fingerprint density at radius 1 is 1.37 bits per heavy atom. The summed E-state index contributed by atoms with van der Waals surface area (Å²) in [7, 11) is 0. The molecule has 1 saturated carbocycles. The summed E-state index contributed by atoms with van der Waals surface area (Å²) in [5, 5.41) is 3.73. The van der Waals surface area contributed by atoms with Crippen molar-refractivity contribution in [2.75, 3.05) is 0 Å². The molecule has 102 valence electrons. The molecule has 0 aliphatic heterocycles. The largest absolute Gasteiger partial charge is 0.351 e. The molecular weight excluding hydrogens is 236 g/mol. The molecule has 4 nitrogen and oxygen atoms in total. The van der Waals surface area contributed by atoms with Crippen LogP contribution >= 0.6 is 0 Å². The number of hydrogen-bond acceptors (Lipinski definition) is 2. The van der Waals surface area contributed by atoms with E-state index in [1.807, 2.05) is 12.5 Å². The van der Waals surface area contributed by atoms with E-state index in [1.165, 1.54) is 25.0 Å². The lowest BCUT2D eigenvalue weighted by molar-refractivity contribution is 0.386. The van der Waals surface area contributed by atoms with Crippen molar-refractivity contribution >= 4 is 0 Å². The molecule has 1 aliphatic carbocycles. The first-order valence-electron chi connectivity index (χ1n) is 7.23. The molecule has 1 N–H and O–H groups in total. The zero-order valence-corrected chi connectivity index (χ0v) is 11.5. The molecule has 19 heavy (non-hydrogen) atoms. The summed E-state index contributed by atoms with van der Waals surface area (Å²) in [4.78, 5) is 4.17. The average Bonchev–Trinajstić information content (AvgIpc) is 3.16. The Morgan fingerprint density at radius 2 is 2.32 bits per heavy atom. The molecule has 0 amide bonds. The van der Waals surface area contributed by atoms with E-state index in [1.54, 1.807) is 0 Å². The minimum atomic E-state index is 0.563. The lowest BCUT2D eigenvalue weighted by atomic mass is 10.1. The molecule has 0 aromatic carbocycles. The van der Waals surface area contributed by atoms with Gasteiger partial charge in [0.25, 0.3) is 0 Å². The molecule has 2 heterocycles. The molecule has 3 rings (SSSR count). The number of aromatic nitrogens is 3. The summed E-state index contributed by atoms with van der Waals surface area (Å²) in [5.74, 6) is 0. The normalized spacial score (nSPS) is 23.0. The first-order chi connectivity index (χ1) is 9.38. The van der Waals surface area contributed by atoms with Crippen LogP contribution in [0, 0.1) is 0 Å². The summed E-state index contributed by atoms with van der Waals surface area (Å²) in [6.07, 6.45) is 11.9. The van der Waals surface area contributed by atoms with E-state index in [-0.39, 0.29) is 0 Å². The fourth-order valence-corrected chi connectivity index (χ4v) is 3.16. The Labute approximate surface area is 114 Å². The van der Waals surface area contributed by atoms with E-state index in [0.29, 0.717) is 12.1 Å². The smallest absolute Gasteiger partial charge is 0.0949 e. The molecule has 0 spiro atoms. The number of nitrogens with one attached hydrogen (secondary N) is 1. The van der Waals surface area contributed by atoms with E-state index in [0.717, 1.165) is 13.1 Å². The lowest BCUT2D eigenvalue weighted by Crippen LogP contribution is -2.33. The Morgan fingerprint density at radius 3 is 3.11 bits per heavy atom. The van der Waals surface area contributed by atoms with Gasteiger partial charge in [-0.25, -0.2) is 4.98 Å². The van der Waals surface area contributed by atoms with Crippen LogP contribution in [0.5, 0.6) is 0 Å². The van der Waals surface area contributed by atoms with E-state index in [9.17, 15) is 0 Å². The third-order valence-corrected chi connectivity index (χ3v) is 4.20. The van der Waals surface area contributed by atoms with Crippen LogP contribution in [-0.4, -0.2) is 20.2 Å². The van der Waals surface area contributed by atoms with E-state index < -0.39 is 0 Å². The monoisotopic (exact) mass is 258 g/mol. The SMILES string of the molecule is CCn1cccc1CNC1CCCC1n1ccnc1. The minimum Gasteiger partial charge on any atom is -0.351 e. The van der Waals surface area contributed by atoms with E-state index in [2.05, 4.69) is 50.9 Å². The van der Waals surface area contributed by atoms with Gasteiger partial charge in [-0.15, -0.1) is 0 Å². The van der Waals surface area contributed by atoms with Crippen molar-refractivity contribution in [2.45, 2.75) is 51.4 Å². The third kappa shape index (κ3) is 2.59. The molecule has 2 aromatic heterocycles. The van der Waals surface area contributed by atoms with Gasteiger partial charge >= 0.3 is 0 Å². The molecule has 0 bridgehead atoms. The van der Waals surface area contributed by atoms with Gasteiger partial charge in [0.05, 0.1) is 6.33 Å². The second kappa shape index (κ2) is 5.61. The van der Waals surface area contributed by atoms with Gasteiger partial charge in [0.2, 0.25) is 0 Å². The van der Waals surface area contributed by atoms with E-state index in [4.69, 9.17) is 0 Å². The number of hydrogen-bond donors (Lipinski definition) is 1. The maximum Gasteiger partial charge on any atom is 0.0949 e. The Kier molecular flexibility index (Phi) is 3.69. The van der Waals surface area contributed by atoms with Crippen molar-refractivity contribution in [1.82, 2.24) is 19.4 Å². The van der Waals surface area contributed by atoms with Gasteiger partial charge in [0.1, 0.15) is 0 Å². The van der Waals surface area contributed by atoms with Gasteiger partial charge in [0.15, 0.2) is 0 Å². The van der Waals surface area contributed by atoms with Crippen LogP contribution in [0.15, 0.2) is 37.1 Å².